The molecule has 9 heteroatoms. The molecule has 3 heterocycles. The Labute approximate surface area is 205 Å². The second-order valence-corrected chi connectivity index (χ2v) is 8.78. The molecule has 188 valence electrons. The summed E-state index contributed by atoms with van der Waals surface area (Å²) in [6.45, 7) is 0.434. The largest absolute Gasteiger partial charge is 0.493 e. The van der Waals surface area contributed by atoms with Gasteiger partial charge in [0.25, 0.3) is 5.91 Å². The average Bonchev–Trinajstić information content (AvgIpc) is 3.38. The monoisotopic (exact) mass is 486 g/mol. The van der Waals surface area contributed by atoms with Crippen molar-refractivity contribution in [3.05, 3.63) is 71.8 Å². The molecule has 1 amide bonds. The number of methoxy groups -OCH3 is 1. The minimum Gasteiger partial charge on any atom is -0.493 e. The summed E-state index contributed by atoms with van der Waals surface area (Å²) in [5, 5.41) is 18.5. The summed E-state index contributed by atoms with van der Waals surface area (Å²) in [7, 11) is 1.47. The number of aromatic nitrogens is 1. The standard InChI is InChI=1S/C26H27FN2O6.2H2/c1-33-23-13-17(4-7-21(23)34-16-19(31)15-30)25(32)28-11-8-26(9-12-28)24-3-2-10-29(24)20-6-5-18(27)14-22(20)35-26;;/h2-7,10,13-14,19,30-31H,8-9,11-12,15-16H2,1H3;2*1H/t19-;;/m1../s1. The molecule has 1 aromatic heterocycles. The summed E-state index contributed by atoms with van der Waals surface area (Å²) < 4.78 is 33.2. The minimum absolute atomic E-state index is 0. The molecule has 0 unspecified atom stereocenters. The Morgan fingerprint density at radius 3 is 2.74 bits per heavy atom. The third-order valence-corrected chi connectivity index (χ3v) is 6.61. The van der Waals surface area contributed by atoms with E-state index >= 15 is 0 Å². The molecule has 5 rings (SSSR count). The zero-order valence-corrected chi connectivity index (χ0v) is 19.3. The summed E-state index contributed by atoms with van der Waals surface area (Å²) in [6.07, 6.45) is 2.07. The lowest BCUT2D eigenvalue weighted by atomic mass is 9.86. The van der Waals surface area contributed by atoms with Crippen LogP contribution in [0.3, 0.4) is 0 Å². The van der Waals surface area contributed by atoms with Gasteiger partial charge < -0.3 is 33.9 Å². The predicted molar refractivity (Wildman–Crippen MR) is 129 cm³/mol. The number of fused-ring (bicyclic) bond motifs is 4. The van der Waals surface area contributed by atoms with Crippen molar-refractivity contribution in [2.24, 2.45) is 0 Å². The smallest absolute Gasteiger partial charge is 0.253 e. The first kappa shape index (κ1) is 23.2. The zero-order chi connectivity index (χ0) is 24.6. The summed E-state index contributed by atoms with van der Waals surface area (Å²) >= 11 is 0. The summed E-state index contributed by atoms with van der Waals surface area (Å²) in [6, 6.07) is 13.4. The molecule has 1 saturated heterocycles. The number of benzene rings is 2. The fraction of sp³-hybridized carbons (Fsp3) is 0.346. The van der Waals surface area contributed by atoms with Crippen molar-refractivity contribution >= 4 is 5.91 Å². The van der Waals surface area contributed by atoms with E-state index in [0.717, 1.165) is 11.4 Å². The van der Waals surface area contributed by atoms with Crippen molar-refractivity contribution in [1.29, 1.82) is 0 Å². The van der Waals surface area contributed by atoms with E-state index in [0.29, 0.717) is 48.7 Å². The van der Waals surface area contributed by atoms with Crippen LogP contribution in [0.25, 0.3) is 5.69 Å². The Kier molecular flexibility index (Phi) is 6.12. The number of nitrogens with zero attached hydrogens (tertiary/aromatic N) is 2. The molecule has 8 nitrogen and oxygen atoms in total. The number of hydrogen-bond acceptors (Lipinski definition) is 6. The predicted octanol–water partition coefficient (Wildman–Crippen LogP) is 3.37. The van der Waals surface area contributed by atoms with Crippen molar-refractivity contribution in [1.82, 2.24) is 9.47 Å². The summed E-state index contributed by atoms with van der Waals surface area (Å²) in [5.41, 5.74) is 1.62. The van der Waals surface area contributed by atoms with Gasteiger partial charge in [-0.15, -0.1) is 0 Å². The molecular weight excluding hydrogens is 455 g/mol. The minimum atomic E-state index is -1.01. The number of ether oxygens (including phenoxy) is 3. The molecule has 2 aromatic carbocycles. The lowest BCUT2D eigenvalue weighted by molar-refractivity contribution is -0.00951. The SMILES string of the molecule is COc1cc(C(=O)N2CCC3(CC2)Oc2cc(F)ccc2-n2cccc23)ccc1OC[C@H](O)CO.[HH].[HH]. The number of piperidine rings is 1. The molecule has 0 aliphatic carbocycles. The molecule has 1 spiro atoms. The highest BCUT2D eigenvalue weighted by Crippen LogP contribution is 2.45. The maximum absolute atomic E-state index is 13.9. The van der Waals surface area contributed by atoms with Crippen LogP contribution in [-0.2, 0) is 5.60 Å². The van der Waals surface area contributed by atoms with E-state index in [1.807, 2.05) is 22.9 Å². The normalized spacial score (nSPS) is 16.7. The molecule has 35 heavy (non-hydrogen) atoms. The van der Waals surface area contributed by atoms with Gasteiger partial charge in [0.1, 0.15) is 24.3 Å². The van der Waals surface area contributed by atoms with Crippen LogP contribution in [0.1, 0.15) is 31.7 Å². The maximum atomic E-state index is 13.9. The fourth-order valence-electron chi connectivity index (χ4n) is 4.76. The molecule has 2 aliphatic rings. The molecule has 2 N–H and O–H groups in total. The highest BCUT2D eigenvalue weighted by molar-refractivity contribution is 5.95. The number of amides is 1. The number of hydrogen-bond donors (Lipinski definition) is 2. The number of carbonyl (C=O) groups is 1. The van der Waals surface area contributed by atoms with Crippen molar-refractivity contribution in [2.75, 3.05) is 33.4 Å². The van der Waals surface area contributed by atoms with Gasteiger partial charge in [-0.2, -0.15) is 0 Å². The van der Waals surface area contributed by atoms with Gasteiger partial charge in [-0.1, -0.05) is 0 Å². The van der Waals surface area contributed by atoms with Gasteiger partial charge in [0, 0.05) is 46.6 Å². The maximum Gasteiger partial charge on any atom is 0.253 e. The van der Waals surface area contributed by atoms with E-state index in [4.69, 9.17) is 19.3 Å². The second-order valence-electron chi connectivity index (χ2n) is 8.78. The molecule has 1 atom stereocenters. The molecule has 0 radical (unpaired) electrons. The molecule has 3 aromatic rings. The van der Waals surface area contributed by atoms with E-state index in [-0.39, 0.29) is 21.2 Å². The Morgan fingerprint density at radius 1 is 1.20 bits per heavy atom. The van der Waals surface area contributed by atoms with Gasteiger partial charge >= 0.3 is 0 Å². The lowest BCUT2D eigenvalue weighted by Crippen LogP contribution is -2.50. The van der Waals surface area contributed by atoms with E-state index in [9.17, 15) is 14.3 Å². The molecule has 2 aliphatic heterocycles. The molecular formula is C26H31FN2O6. The summed E-state index contributed by atoms with van der Waals surface area (Å²) in [4.78, 5) is 15.0. The van der Waals surface area contributed by atoms with Gasteiger partial charge in [0.2, 0.25) is 0 Å². The first-order chi connectivity index (χ1) is 16.9. The van der Waals surface area contributed by atoms with Gasteiger partial charge in [0.15, 0.2) is 17.1 Å². The molecule has 0 bridgehead atoms. The highest BCUT2D eigenvalue weighted by Gasteiger charge is 2.44. The van der Waals surface area contributed by atoms with E-state index in [1.165, 1.54) is 19.2 Å². The van der Waals surface area contributed by atoms with E-state index in [2.05, 4.69) is 0 Å². The van der Waals surface area contributed by atoms with Crippen LogP contribution >= 0.6 is 0 Å². The fourth-order valence-corrected chi connectivity index (χ4v) is 4.76. The number of aliphatic hydroxyl groups excluding tert-OH is 2. The number of halogens is 1. The highest BCUT2D eigenvalue weighted by atomic mass is 19.1. The number of aliphatic hydroxyl groups is 2. The Hall–Kier alpha value is -3.56. The third-order valence-electron chi connectivity index (χ3n) is 6.61. The molecule has 1 fully saturated rings. The van der Waals surface area contributed by atoms with Gasteiger partial charge in [0.05, 0.1) is 25.1 Å². The molecule has 0 saturated carbocycles. The van der Waals surface area contributed by atoms with Crippen LogP contribution in [0.5, 0.6) is 17.2 Å². The first-order valence-electron chi connectivity index (χ1n) is 11.5. The lowest BCUT2D eigenvalue weighted by Gasteiger charge is -2.45. The Bertz CT molecular complexity index is 1250. The van der Waals surface area contributed by atoms with Crippen molar-refractivity contribution < 1.29 is 36.5 Å². The van der Waals surface area contributed by atoms with Crippen LogP contribution in [0.4, 0.5) is 4.39 Å². The van der Waals surface area contributed by atoms with E-state index < -0.39 is 18.3 Å². The average molecular weight is 487 g/mol. The van der Waals surface area contributed by atoms with Crippen molar-refractivity contribution in [3.63, 3.8) is 0 Å². The number of likely N-dealkylation sites (tertiary alicyclic amines) is 1. The van der Waals surface area contributed by atoms with Crippen LogP contribution in [0, 0.1) is 5.82 Å². The van der Waals surface area contributed by atoms with Gasteiger partial charge in [-0.3, -0.25) is 4.79 Å². The Morgan fingerprint density at radius 2 is 2.00 bits per heavy atom. The zero-order valence-electron chi connectivity index (χ0n) is 19.3. The first-order valence-corrected chi connectivity index (χ1v) is 11.5. The number of carbonyl (C=O) groups excluding carboxylic acids is 1. The van der Waals surface area contributed by atoms with E-state index in [1.54, 1.807) is 29.2 Å². The third kappa shape index (κ3) is 4.21. The van der Waals surface area contributed by atoms with Gasteiger partial charge in [-0.05, 0) is 42.5 Å². The topological polar surface area (TPSA) is 93.4 Å². The second kappa shape index (κ2) is 9.24. The van der Waals surface area contributed by atoms with Crippen LogP contribution in [0.15, 0.2) is 54.7 Å². The Balaban J connectivity index is 0.00000190. The summed E-state index contributed by atoms with van der Waals surface area (Å²) in [5.74, 6) is 0.741. The van der Waals surface area contributed by atoms with Crippen LogP contribution in [0.2, 0.25) is 0 Å². The van der Waals surface area contributed by atoms with Crippen LogP contribution in [-0.4, -0.2) is 65.1 Å². The quantitative estimate of drug-likeness (QED) is 0.555. The van der Waals surface area contributed by atoms with Crippen molar-refractivity contribution in [3.8, 4) is 22.9 Å². The number of rotatable bonds is 6. The van der Waals surface area contributed by atoms with Crippen molar-refractivity contribution in [2.45, 2.75) is 24.5 Å². The van der Waals surface area contributed by atoms with Gasteiger partial charge in [-0.25, -0.2) is 4.39 Å². The van der Waals surface area contributed by atoms with Crippen LogP contribution < -0.4 is 14.2 Å².